The highest BCUT2D eigenvalue weighted by Crippen LogP contribution is 2.27. The maximum Gasteiger partial charge on any atom is 0.137 e. The number of benzene rings is 1. The summed E-state index contributed by atoms with van der Waals surface area (Å²) in [6.07, 6.45) is 2.57. The molecule has 0 bridgehead atoms. The third-order valence-electron chi connectivity index (χ3n) is 2.72. The van der Waals surface area contributed by atoms with Gasteiger partial charge in [0.15, 0.2) is 0 Å². The fourth-order valence-corrected chi connectivity index (χ4v) is 1.82. The predicted molar refractivity (Wildman–Crippen MR) is 64.3 cm³/mol. The van der Waals surface area contributed by atoms with E-state index in [1.165, 1.54) is 17.3 Å². The molecule has 0 fully saturated rings. The highest BCUT2D eigenvalue weighted by molar-refractivity contribution is 5.25. The lowest BCUT2D eigenvalue weighted by molar-refractivity contribution is 0.0206. The number of aliphatic hydroxyl groups is 1. The minimum atomic E-state index is -1.85. The van der Waals surface area contributed by atoms with Crippen molar-refractivity contribution in [2.24, 2.45) is 5.11 Å². The second kappa shape index (κ2) is 5.64. The van der Waals surface area contributed by atoms with E-state index in [9.17, 15) is 13.9 Å². The van der Waals surface area contributed by atoms with E-state index in [0.717, 1.165) is 12.1 Å². The molecular formula is C11H10F2N6O. The first-order valence-electron chi connectivity index (χ1n) is 5.56. The van der Waals surface area contributed by atoms with Gasteiger partial charge < -0.3 is 5.11 Å². The number of hydrogen-bond donors (Lipinski definition) is 1. The summed E-state index contributed by atoms with van der Waals surface area (Å²) in [6, 6.07) is 2.77. The van der Waals surface area contributed by atoms with Crippen LogP contribution in [-0.4, -0.2) is 26.4 Å². The lowest BCUT2D eigenvalue weighted by Crippen LogP contribution is -2.36. The Morgan fingerprint density at radius 1 is 1.45 bits per heavy atom. The van der Waals surface area contributed by atoms with Crippen LogP contribution in [0.3, 0.4) is 0 Å². The SMILES string of the molecule is [N-]=[N+]=NCC(O)(Cn1cncn1)c1ccc(F)cc1F. The van der Waals surface area contributed by atoms with Crippen LogP contribution in [0.5, 0.6) is 0 Å². The molecule has 0 amide bonds. The highest BCUT2D eigenvalue weighted by Gasteiger charge is 2.32. The van der Waals surface area contributed by atoms with Crippen molar-refractivity contribution in [3.8, 4) is 0 Å². The number of halogens is 2. The smallest absolute Gasteiger partial charge is 0.137 e. The van der Waals surface area contributed by atoms with Gasteiger partial charge in [-0.1, -0.05) is 11.2 Å². The van der Waals surface area contributed by atoms with Crippen molar-refractivity contribution in [1.29, 1.82) is 0 Å². The van der Waals surface area contributed by atoms with Gasteiger partial charge in [0.2, 0.25) is 0 Å². The summed E-state index contributed by atoms with van der Waals surface area (Å²) in [7, 11) is 0. The Labute approximate surface area is 112 Å². The van der Waals surface area contributed by atoms with Crippen molar-refractivity contribution in [3.63, 3.8) is 0 Å². The molecule has 1 atom stereocenters. The molecule has 1 N–H and O–H groups in total. The molecule has 20 heavy (non-hydrogen) atoms. The first-order valence-corrected chi connectivity index (χ1v) is 5.56. The van der Waals surface area contributed by atoms with Crippen molar-refractivity contribution in [2.45, 2.75) is 12.1 Å². The number of hydrogen-bond acceptors (Lipinski definition) is 4. The highest BCUT2D eigenvalue weighted by atomic mass is 19.1. The summed E-state index contributed by atoms with van der Waals surface area (Å²) in [5.74, 6) is -1.70. The van der Waals surface area contributed by atoms with Crippen LogP contribution < -0.4 is 0 Å². The average molecular weight is 280 g/mol. The van der Waals surface area contributed by atoms with E-state index >= 15 is 0 Å². The summed E-state index contributed by atoms with van der Waals surface area (Å²) < 4.78 is 28.0. The Morgan fingerprint density at radius 2 is 2.25 bits per heavy atom. The quantitative estimate of drug-likeness (QED) is 0.513. The van der Waals surface area contributed by atoms with E-state index in [2.05, 4.69) is 20.1 Å². The first-order chi connectivity index (χ1) is 9.55. The Balaban J connectivity index is 2.42. The fraction of sp³-hybridized carbons (Fsp3) is 0.273. The molecule has 1 unspecified atom stereocenters. The molecule has 7 nitrogen and oxygen atoms in total. The van der Waals surface area contributed by atoms with Crippen molar-refractivity contribution >= 4 is 0 Å². The predicted octanol–water partition coefficient (Wildman–Crippen LogP) is 1.75. The van der Waals surface area contributed by atoms with Gasteiger partial charge in [-0.2, -0.15) is 5.10 Å². The van der Waals surface area contributed by atoms with Crippen molar-refractivity contribution in [2.75, 3.05) is 6.54 Å². The third kappa shape index (κ3) is 2.90. The second-order valence-electron chi connectivity index (χ2n) is 4.14. The third-order valence-corrected chi connectivity index (χ3v) is 2.72. The van der Waals surface area contributed by atoms with Gasteiger partial charge in [-0.05, 0) is 11.6 Å². The molecule has 0 aliphatic carbocycles. The maximum atomic E-state index is 13.8. The van der Waals surface area contributed by atoms with E-state index in [1.807, 2.05) is 0 Å². The monoisotopic (exact) mass is 280 g/mol. The number of nitrogens with zero attached hydrogens (tertiary/aromatic N) is 6. The van der Waals surface area contributed by atoms with Gasteiger partial charge in [0, 0.05) is 16.5 Å². The normalized spacial score (nSPS) is 13.6. The lowest BCUT2D eigenvalue weighted by atomic mass is 9.93. The molecule has 0 aliphatic rings. The lowest BCUT2D eigenvalue weighted by Gasteiger charge is -2.27. The average Bonchev–Trinajstić information content (AvgIpc) is 2.88. The Kier molecular flexibility index (Phi) is 3.92. The van der Waals surface area contributed by atoms with Crippen LogP contribution in [-0.2, 0) is 12.1 Å². The van der Waals surface area contributed by atoms with Crippen LogP contribution in [0, 0.1) is 11.6 Å². The van der Waals surface area contributed by atoms with Crippen LogP contribution >= 0.6 is 0 Å². The fourth-order valence-electron chi connectivity index (χ4n) is 1.82. The molecule has 0 spiro atoms. The molecule has 0 saturated carbocycles. The van der Waals surface area contributed by atoms with Gasteiger partial charge in [-0.15, -0.1) is 0 Å². The van der Waals surface area contributed by atoms with Crippen molar-refractivity contribution in [3.05, 3.63) is 58.5 Å². The molecule has 2 rings (SSSR count). The molecule has 2 aromatic rings. The van der Waals surface area contributed by atoms with Gasteiger partial charge in [0.05, 0.1) is 13.1 Å². The summed E-state index contributed by atoms with van der Waals surface area (Å²) in [6.45, 7) is -0.611. The van der Waals surface area contributed by atoms with E-state index in [0.29, 0.717) is 6.07 Å². The van der Waals surface area contributed by atoms with Crippen LogP contribution in [0.2, 0.25) is 0 Å². The summed E-state index contributed by atoms with van der Waals surface area (Å²) in [5.41, 5.74) is 6.35. The van der Waals surface area contributed by atoms with Gasteiger partial charge in [0.1, 0.15) is 29.9 Å². The molecule has 9 heteroatoms. The minimum absolute atomic E-state index is 0.179. The van der Waals surface area contributed by atoms with Gasteiger partial charge >= 0.3 is 0 Å². The Morgan fingerprint density at radius 3 is 2.85 bits per heavy atom. The van der Waals surface area contributed by atoms with Gasteiger partial charge in [-0.3, -0.25) is 0 Å². The topological polar surface area (TPSA) is 99.7 Å². The van der Waals surface area contributed by atoms with Crippen LogP contribution in [0.25, 0.3) is 10.4 Å². The standard InChI is InChI=1S/C11H10F2N6O/c12-8-1-2-9(10(13)3-8)11(20,4-16-18-14)5-19-7-15-6-17-19/h1-3,6-7,20H,4-5H2. The molecular weight excluding hydrogens is 270 g/mol. The first kappa shape index (κ1) is 13.9. The molecule has 0 aliphatic heterocycles. The van der Waals surface area contributed by atoms with E-state index in [1.54, 1.807) is 0 Å². The van der Waals surface area contributed by atoms with Crippen LogP contribution in [0.1, 0.15) is 5.56 Å². The van der Waals surface area contributed by atoms with Gasteiger partial charge in [0.25, 0.3) is 0 Å². The van der Waals surface area contributed by atoms with E-state index < -0.39 is 23.8 Å². The zero-order chi connectivity index (χ0) is 14.6. The Hall–Kier alpha value is -2.51. The molecule has 1 aromatic heterocycles. The maximum absolute atomic E-state index is 13.8. The van der Waals surface area contributed by atoms with Gasteiger partial charge in [-0.25, -0.2) is 18.4 Å². The molecule has 1 heterocycles. The van der Waals surface area contributed by atoms with E-state index in [4.69, 9.17) is 5.53 Å². The minimum Gasteiger partial charge on any atom is -0.383 e. The zero-order valence-corrected chi connectivity index (χ0v) is 10.2. The second-order valence-corrected chi connectivity index (χ2v) is 4.14. The number of aromatic nitrogens is 3. The van der Waals surface area contributed by atoms with E-state index in [-0.39, 0.29) is 12.1 Å². The largest absolute Gasteiger partial charge is 0.383 e. The zero-order valence-electron chi connectivity index (χ0n) is 10.2. The number of azide groups is 1. The van der Waals surface area contributed by atoms with Crippen molar-refractivity contribution < 1.29 is 13.9 Å². The summed E-state index contributed by atoms with van der Waals surface area (Å²) in [5, 5.41) is 17.6. The molecule has 0 radical (unpaired) electrons. The number of rotatable bonds is 5. The van der Waals surface area contributed by atoms with Crippen LogP contribution in [0.4, 0.5) is 8.78 Å². The molecule has 1 aromatic carbocycles. The Bertz CT molecular complexity index is 640. The summed E-state index contributed by atoms with van der Waals surface area (Å²) in [4.78, 5) is 6.25. The molecule has 104 valence electrons. The van der Waals surface area contributed by atoms with Crippen molar-refractivity contribution in [1.82, 2.24) is 14.8 Å². The summed E-state index contributed by atoms with van der Waals surface area (Å²) >= 11 is 0. The molecule has 0 saturated heterocycles. The van der Waals surface area contributed by atoms with Crippen LogP contribution in [0.15, 0.2) is 36.0 Å².